The van der Waals surface area contributed by atoms with Crippen molar-refractivity contribution >= 4 is 11.9 Å². The molecule has 0 rings (SSSR count). The Morgan fingerprint density at radius 1 is 1.40 bits per heavy atom. The van der Waals surface area contributed by atoms with Gasteiger partial charge in [-0.25, -0.2) is 0 Å². The van der Waals surface area contributed by atoms with Crippen molar-refractivity contribution in [2.75, 3.05) is 20.2 Å². The second-order valence-corrected chi connectivity index (χ2v) is 3.74. The van der Waals surface area contributed by atoms with Gasteiger partial charge in [-0.2, -0.15) is 0 Å². The molecule has 0 spiro atoms. The number of hydrogen-bond donors (Lipinski definition) is 1. The molecule has 0 aromatic rings. The molecule has 0 aromatic heterocycles. The zero-order chi connectivity index (χ0) is 12.1. The summed E-state index contributed by atoms with van der Waals surface area (Å²) in [6.07, 6.45) is -0.0423. The number of hydrogen-bond acceptors (Lipinski definition) is 3. The Balaban J connectivity index is 4.41. The second kappa shape index (κ2) is 5.70. The minimum atomic E-state index is -0.906. The van der Waals surface area contributed by atoms with Crippen LogP contribution in [0.1, 0.15) is 27.2 Å². The molecule has 88 valence electrons. The van der Waals surface area contributed by atoms with Crippen molar-refractivity contribution in [3.8, 4) is 0 Å². The number of methoxy groups -OCH3 is 1. The van der Waals surface area contributed by atoms with Gasteiger partial charge in [0, 0.05) is 20.2 Å². The summed E-state index contributed by atoms with van der Waals surface area (Å²) in [5.74, 6) is -1.09. The van der Waals surface area contributed by atoms with Gasteiger partial charge in [0.2, 0.25) is 0 Å². The minimum absolute atomic E-state index is 0.0423. The number of rotatable bonds is 6. The maximum absolute atomic E-state index is 11.8. The molecule has 0 aliphatic carbocycles. The Hall–Kier alpha value is -1.10. The van der Waals surface area contributed by atoms with Gasteiger partial charge in [0.05, 0.1) is 6.42 Å². The summed E-state index contributed by atoms with van der Waals surface area (Å²) >= 11 is 0. The Morgan fingerprint density at radius 2 is 1.93 bits per heavy atom. The molecule has 0 fully saturated rings. The van der Waals surface area contributed by atoms with Crippen molar-refractivity contribution in [1.29, 1.82) is 0 Å². The smallest absolute Gasteiger partial charge is 0.305 e. The second-order valence-electron chi connectivity index (χ2n) is 3.74. The molecule has 0 aromatic carbocycles. The first-order valence-corrected chi connectivity index (χ1v) is 4.91. The zero-order valence-corrected chi connectivity index (χ0v) is 9.74. The lowest BCUT2D eigenvalue weighted by Crippen LogP contribution is -2.47. The maximum atomic E-state index is 11.8. The van der Waals surface area contributed by atoms with E-state index in [0.29, 0.717) is 6.54 Å². The summed E-state index contributed by atoms with van der Waals surface area (Å²) in [5.41, 5.74) is -0.894. The van der Waals surface area contributed by atoms with Gasteiger partial charge in [-0.3, -0.25) is 9.59 Å². The zero-order valence-electron chi connectivity index (χ0n) is 9.74. The fourth-order valence-electron chi connectivity index (χ4n) is 1.10. The van der Waals surface area contributed by atoms with E-state index in [0.717, 1.165) is 0 Å². The molecular weight excluding hydrogens is 198 g/mol. The van der Waals surface area contributed by atoms with E-state index in [1.54, 1.807) is 13.8 Å². The Labute approximate surface area is 90.0 Å². The SMILES string of the molecule is CCN(CCC(=O)O)C(=O)C(C)(C)OC. The van der Waals surface area contributed by atoms with Gasteiger partial charge in [0.15, 0.2) is 0 Å². The fraction of sp³-hybridized carbons (Fsp3) is 0.800. The number of carboxylic acid groups (broad SMARTS) is 1. The van der Waals surface area contributed by atoms with Gasteiger partial charge < -0.3 is 14.7 Å². The summed E-state index contributed by atoms with van der Waals surface area (Å²) in [5, 5.41) is 8.53. The third kappa shape index (κ3) is 4.29. The lowest BCUT2D eigenvalue weighted by Gasteiger charge is -2.29. The van der Waals surface area contributed by atoms with Crippen LogP contribution in [0.4, 0.5) is 0 Å². The van der Waals surface area contributed by atoms with E-state index in [1.807, 2.05) is 6.92 Å². The number of ether oxygens (including phenoxy) is 1. The molecule has 0 bridgehead atoms. The maximum Gasteiger partial charge on any atom is 0.305 e. The Morgan fingerprint density at radius 3 is 2.27 bits per heavy atom. The van der Waals surface area contributed by atoms with E-state index in [1.165, 1.54) is 12.0 Å². The number of likely N-dealkylation sites (N-methyl/N-ethyl adjacent to an activating group) is 1. The highest BCUT2D eigenvalue weighted by Gasteiger charge is 2.31. The molecular formula is C10H19NO4. The number of amides is 1. The van der Waals surface area contributed by atoms with Crippen molar-refractivity contribution in [1.82, 2.24) is 4.90 Å². The van der Waals surface area contributed by atoms with Crippen LogP contribution in [-0.4, -0.2) is 47.7 Å². The van der Waals surface area contributed by atoms with Crippen molar-refractivity contribution in [2.45, 2.75) is 32.8 Å². The summed E-state index contributed by atoms with van der Waals surface area (Å²) in [6, 6.07) is 0. The summed E-state index contributed by atoms with van der Waals surface area (Å²) < 4.78 is 5.05. The summed E-state index contributed by atoms with van der Waals surface area (Å²) in [7, 11) is 1.46. The fourth-order valence-corrected chi connectivity index (χ4v) is 1.10. The molecule has 5 nitrogen and oxygen atoms in total. The first-order chi connectivity index (χ1) is 6.85. The van der Waals surface area contributed by atoms with Crippen LogP contribution >= 0.6 is 0 Å². The van der Waals surface area contributed by atoms with Crippen LogP contribution in [0.3, 0.4) is 0 Å². The topological polar surface area (TPSA) is 66.8 Å². The van der Waals surface area contributed by atoms with Gasteiger partial charge in [0.1, 0.15) is 5.60 Å². The molecule has 15 heavy (non-hydrogen) atoms. The predicted molar refractivity (Wildman–Crippen MR) is 55.6 cm³/mol. The molecule has 0 aliphatic rings. The standard InChI is InChI=1S/C10H19NO4/c1-5-11(7-6-8(12)13)9(14)10(2,3)15-4/h5-7H2,1-4H3,(H,12,13). The summed E-state index contributed by atoms with van der Waals surface area (Å²) in [6.45, 7) is 5.85. The Bertz CT molecular complexity index is 238. The average Bonchev–Trinajstić information content (AvgIpc) is 2.18. The molecule has 0 saturated carbocycles. The molecule has 0 unspecified atom stereocenters. The lowest BCUT2D eigenvalue weighted by atomic mass is 10.1. The Kier molecular flexibility index (Phi) is 5.28. The molecule has 0 aliphatic heterocycles. The van der Waals surface area contributed by atoms with Gasteiger partial charge >= 0.3 is 5.97 Å². The monoisotopic (exact) mass is 217 g/mol. The molecule has 5 heteroatoms. The lowest BCUT2D eigenvalue weighted by molar-refractivity contribution is -0.151. The van der Waals surface area contributed by atoms with E-state index in [4.69, 9.17) is 9.84 Å². The summed E-state index contributed by atoms with van der Waals surface area (Å²) in [4.78, 5) is 23.7. The molecule has 1 amide bonds. The quantitative estimate of drug-likeness (QED) is 0.712. The van der Waals surface area contributed by atoms with Crippen molar-refractivity contribution in [2.24, 2.45) is 0 Å². The van der Waals surface area contributed by atoms with Gasteiger partial charge in [-0.05, 0) is 20.8 Å². The van der Waals surface area contributed by atoms with E-state index in [9.17, 15) is 9.59 Å². The molecule has 0 heterocycles. The van der Waals surface area contributed by atoms with Crippen LogP contribution in [0, 0.1) is 0 Å². The third-order valence-corrected chi connectivity index (χ3v) is 2.29. The van der Waals surface area contributed by atoms with E-state index >= 15 is 0 Å². The van der Waals surface area contributed by atoms with Crippen LogP contribution in [0.25, 0.3) is 0 Å². The van der Waals surface area contributed by atoms with Crippen molar-refractivity contribution in [3.05, 3.63) is 0 Å². The third-order valence-electron chi connectivity index (χ3n) is 2.29. The largest absolute Gasteiger partial charge is 0.481 e. The van der Waals surface area contributed by atoms with Crippen LogP contribution in [0.15, 0.2) is 0 Å². The number of nitrogens with zero attached hydrogens (tertiary/aromatic N) is 1. The predicted octanol–water partition coefficient (Wildman–Crippen LogP) is 0.735. The number of carboxylic acids is 1. The van der Waals surface area contributed by atoms with Crippen LogP contribution in [-0.2, 0) is 14.3 Å². The van der Waals surface area contributed by atoms with E-state index in [2.05, 4.69) is 0 Å². The van der Waals surface area contributed by atoms with E-state index in [-0.39, 0.29) is 18.9 Å². The van der Waals surface area contributed by atoms with Crippen molar-refractivity contribution in [3.63, 3.8) is 0 Å². The van der Waals surface area contributed by atoms with Gasteiger partial charge in [-0.15, -0.1) is 0 Å². The normalized spacial score (nSPS) is 11.2. The highest BCUT2D eigenvalue weighted by atomic mass is 16.5. The first kappa shape index (κ1) is 13.9. The van der Waals surface area contributed by atoms with Crippen LogP contribution in [0.5, 0.6) is 0 Å². The first-order valence-electron chi connectivity index (χ1n) is 4.91. The number of aliphatic carboxylic acids is 1. The number of carbonyl (C=O) groups is 2. The van der Waals surface area contributed by atoms with Gasteiger partial charge in [-0.1, -0.05) is 0 Å². The molecule has 0 radical (unpaired) electrons. The van der Waals surface area contributed by atoms with Crippen LogP contribution in [0.2, 0.25) is 0 Å². The molecule has 0 atom stereocenters. The highest BCUT2D eigenvalue weighted by Crippen LogP contribution is 2.12. The molecule has 0 saturated heterocycles. The van der Waals surface area contributed by atoms with Crippen LogP contribution < -0.4 is 0 Å². The average molecular weight is 217 g/mol. The van der Waals surface area contributed by atoms with Crippen molar-refractivity contribution < 1.29 is 19.4 Å². The number of carbonyl (C=O) groups excluding carboxylic acids is 1. The highest BCUT2D eigenvalue weighted by molar-refractivity contribution is 5.84. The van der Waals surface area contributed by atoms with Gasteiger partial charge in [0.25, 0.3) is 5.91 Å². The molecule has 1 N–H and O–H groups in total. The minimum Gasteiger partial charge on any atom is -0.481 e. The van der Waals surface area contributed by atoms with E-state index < -0.39 is 11.6 Å².